The Bertz CT molecular complexity index is 199. The van der Waals surface area contributed by atoms with E-state index >= 15 is 0 Å². The van der Waals surface area contributed by atoms with Crippen LogP contribution >= 0.6 is 0 Å². The van der Waals surface area contributed by atoms with Crippen LogP contribution in [0.5, 0.6) is 0 Å². The van der Waals surface area contributed by atoms with Crippen molar-refractivity contribution in [3.63, 3.8) is 0 Å². The molecule has 1 aromatic heterocycles. The summed E-state index contributed by atoms with van der Waals surface area (Å²) >= 11 is 0. The molecule has 0 saturated carbocycles. The minimum absolute atomic E-state index is 0. The number of aromatic nitrogens is 3. The summed E-state index contributed by atoms with van der Waals surface area (Å²) in [5.74, 6) is 0.00130. The fourth-order valence-electron chi connectivity index (χ4n) is 0.406. The molecule has 0 saturated heterocycles. The van der Waals surface area contributed by atoms with Crippen molar-refractivity contribution in [2.24, 2.45) is 16.6 Å². The number of aromatic amines is 1. The van der Waals surface area contributed by atoms with Crippen LogP contribution in [0, 0.1) is 0 Å². The zero-order valence-electron chi connectivity index (χ0n) is 5.03. The smallest absolute Gasteiger partial charge is 0.288 e. The number of guanidine groups is 1. The molecule has 0 aliphatic heterocycles. The summed E-state index contributed by atoms with van der Waals surface area (Å²) in [4.78, 5) is 0. The molecule has 1 aromatic rings. The first-order valence-electron chi connectivity index (χ1n) is 2.29. The second-order valence-electron chi connectivity index (χ2n) is 1.41. The number of nitrogens with zero attached hydrogens (tertiary/aromatic N) is 3. The van der Waals surface area contributed by atoms with Gasteiger partial charge in [-0.05, 0) is 0 Å². The largest absolute Gasteiger partial charge is 1.00 e. The van der Waals surface area contributed by atoms with E-state index in [2.05, 4.69) is 15.3 Å². The maximum absolute atomic E-state index is 5.05. The minimum atomic E-state index is 0. The highest BCUT2D eigenvalue weighted by Gasteiger charge is 1.91. The lowest BCUT2D eigenvalue weighted by Crippen LogP contribution is -3.00. The van der Waals surface area contributed by atoms with Crippen molar-refractivity contribution in [2.45, 2.75) is 0 Å². The SMILES string of the molecule is NC(N)=N[n+]1cn[nH]c1.[Cl-]. The van der Waals surface area contributed by atoms with Gasteiger partial charge in [-0.25, -0.2) is 0 Å². The van der Waals surface area contributed by atoms with E-state index in [1.165, 1.54) is 17.3 Å². The van der Waals surface area contributed by atoms with Crippen LogP contribution in [-0.4, -0.2) is 16.2 Å². The predicted octanol–water partition coefficient (Wildman–Crippen LogP) is -5.26. The van der Waals surface area contributed by atoms with Crippen molar-refractivity contribution in [3.05, 3.63) is 12.7 Å². The molecule has 5 N–H and O–H groups in total. The Morgan fingerprint density at radius 2 is 2.30 bits per heavy atom. The normalized spacial score (nSPS) is 8.00. The Balaban J connectivity index is 0.000000810. The van der Waals surface area contributed by atoms with E-state index in [0.29, 0.717) is 0 Å². The second-order valence-corrected chi connectivity index (χ2v) is 1.41. The summed E-state index contributed by atoms with van der Waals surface area (Å²) < 4.78 is 1.37. The maximum Gasteiger partial charge on any atom is 0.288 e. The fourth-order valence-corrected chi connectivity index (χ4v) is 0.406. The summed E-state index contributed by atoms with van der Waals surface area (Å²) in [6.07, 6.45) is 2.96. The molecule has 0 radical (unpaired) electrons. The first-order chi connectivity index (χ1) is 4.29. The Morgan fingerprint density at radius 3 is 2.70 bits per heavy atom. The van der Waals surface area contributed by atoms with Gasteiger partial charge in [-0.2, -0.15) is 0 Å². The third-order valence-corrected chi connectivity index (χ3v) is 0.672. The number of hydrogen-bond acceptors (Lipinski definition) is 2. The molecule has 1 heterocycles. The number of rotatable bonds is 1. The highest BCUT2D eigenvalue weighted by Crippen LogP contribution is 1.59. The predicted molar refractivity (Wildman–Crippen MR) is 30.0 cm³/mol. The molecule has 0 atom stereocenters. The lowest BCUT2D eigenvalue weighted by molar-refractivity contribution is -0.679. The lowest BCUT2D eigenvalue weighted by atomic mass is 11.1. The van der Waals surface area contributed by atoms with Crippen LogP contribution in [0.15, 0.2) is 17.8 Å². The molecule has 10 heavy (non-hydrogen) atoms. The zero-order chi connectivity index (χ0) is 6.69. The summed E-state index contributed by atoms with van der Waals surface area (Å²) in [7, 11) is 0. The van der Waals surface area contributed by atoms with E-state index in [0.717, 1.165) is 0 Å². The van der Waals surface area contributed by atoms with Gasteiger partial charge in [0.05, 0.1) is 0 Å². The molecule has 56 valence electrons. The van der Waals surface area contributed by atoms with Crippen LogP contribution in [0.2, 0.25) is 0 Å². The van der Waals surface area contributed by atoms with Crippen molar-refractivity contribution in [2.75, 3.05) is 0 Å². The molecule has 0 aliphatic carbocycles. The average Bonchev–Trinajstić information content (AvgIpc) is 2.15. The first-order valence-corrected chi connectivity index (χ1v) is 2.29. The van der Waals surface area contributed by atoms with Gasteiger partial charge in [0, 0.05) is 5.10 Å². The molecule has 0 unspecified atom stereocenters. The molecule has 7 heteroatoms. The van der Waals surface area contributed by atoms with Crippen LogP contribution in [0.3, 0.4) is 0 Å². The highest BCUT2D eigenvalue weighted by atomic mass is 35.5. The monoisotopic (exact) mass is 162 g/mol. The van der Waals surface area contributed by atoms with Crippen molar-refractivity contribution < 1.29 is 17.1 Å². The Hall–Kier alpha value is -1.30. The van der Waals surface area contributed by atoms with Crippen LogP contribution in [0.4, 0.5) is 0 Å². The molecule has 0 aliphatic rings. The highest BCUT2D eigenvalue weighted by molar-refractivity contribution is 5.74. The van der Waals surface area contributed by atoms with Gasteiger partial charge in [0.2, 0.25) is 12.3 Å². The molecule has 0 bridgehead atoms. The van der Waals surface area contributed by atoms with E-state index in [1.54, 1.807) is 0 Å². The quantitative estimate of drug-likeness (QED) is 0.219. The van der Waals surface area contributed by atoms with E-state index < -0.39 is 0 Å². The van der Waals surface area contributed by atoms with Gasteiger partial charge in [-0.15, -0.1) is 9.77 Å². The van der Waals surface area contributed by atoms with Gasteiger partial charge < -0.3 is 23.9 Å². The summed E-state index contributed by atoms with van der Waals surface area (Å²) in [5, 5.41) is 9.74. The molecule has 6 nitrogen and oxygen atoms in total. The van der Waals surface area contributed by atoms with Crippen LogP contribution in [0.25, 0.3) is 0 Å². The van der Waals surface area contributed by atoms with E-state index in [-0.39, 0.29) is 18.4 Å². The van der Waals surface area contributed by atoms with Crippen molar-refractivity contribution in [1.29, 1.82) is 0 Å². The number of hydrogen-bond donors (Lipinski definition) is 3. The van der Waals surface area contributed by atoms with E-state index in [1.807, 2.05) is 0 Å². The van der Waals surface area contributed by atoms with Crippen molar-refractivity contribution in [1.82, 2.24) is 10.2 Å². The van der Waals surface area contributed by atoms with E-state index in [4.69, 9.17) is 11.5 Å². The van der Waals surface area contributed by atoms with Gasteiger partial charge in [-0.3, -0.25) is 0 Å². The molecule has 0 amide bonds. The van der Waals surface area contributed by atoms with Gasteiger partial charge >= 0.3 is 0 Å². The fraction of sp³-hybridized carbons (Fsp3) is 0. The number of nitrogens with one attached hydrogen (secondary N) is 1. The standard InChI is InChI=1S/C3H6N6.ClH/c4-3(5)8-9-1-6-7-2-9;/h1-2H,(H4,4,5,8);1H. The van der Waals surface area contributed by atoms with Crippen LogP contribution in [0.1, 0.15) is 0 Å². The summed E-state index contributed by atoms with van der Waals surface area (Å²) in [6, 6.07) is 0. The first kappa shape index (κ1) is 8.70. The lowest BCUT2D eigenvalue weighted by Gasteiger charge is -1.82. The minimum Gasteiger partial charge on any atom is -1.00 e. The maximum atomic E-state index is 5.05. The Kier molecular flexibility index (Phi) is 3.20. The van der Waals surface area contributed by atoms with Crippen LogP contribution in [-0.2, 0) is 0 Å². The second kappa shape index (κ2) is 3.67. The van der Waals surface area contributed by atoms with Crippen molar-refractivity contribution in [3.8, 4) is 0 Å². The van der Waals surface area contributed by atoms with Gasteiger partial charge in [-0.1, -0.05) is 5.10 Å². The Labute approximate surface area is 63.3 Å². The van der Waals surface area contributed by atoms with Gasteiger partial charge in [0.25, 0.3) is 6.33 Å². The third kappa shape index (κ3) is 2.31. The van der Waals surface area contributed by atoms with Crippen LogP contribution < -0.4 is 28.6 Å². The van der Waals surface area contributed by atoms with Gasteiger partial charge in [0.1, 0.15) is 0 Å². The molecule has 1 rings (SSSR count). The topological polar surface area (TPSA) is 97.0 Å². The number of H-pyrrole nitrogens is 1. The molecule has 0 fully saturated rings. The Morgan fingerprint density at radius 1 is 1.60 bits per heavy atom. The van der Waals surface area contributed by atoms with Gasteiger partial charge in [0.15, 0.2) is 0 Å². The molecule has 0 spiro atoms. The average molecular weight is 163 g/mol. The zero-order valence-corrected chi connectivity index (χ0v) is 5.78. The van der Waals surface area contributed by atoms with Crippen molar-refractivity contribution >= 4 is 5.96 Å². The molecular formula is C3H7ClN6. The number of halogens is 1. The molecule has 0 aromatic carbocycles. The van der Waals surface area contributed by atoms with E-state index in [9.17, 15) is 0 Å². The number of nitrogens with two attached hydrogens (primary N) is 2. The molecular weight excluding hydrogens is 156 g/mol. The summed E-state index contributed by atoms with van der Waals surface area (Å²) in [5.41, 5.74) is 10.1. The third-order valence-electron chi connectivity index (χ3n) is 0.672. The summed E-state index contributed by atoms with van der Waals surface area (Å²) in [6.45, 7) is 0.